The molecule has 0 atom stereocenters. The van der Waals surface area contributed by atoms with Gasteiger partial charge in [0.2, 0.25) is 0 Å². The van der Waals surface area contributed by atoms with Crippen LogP contribution in [0.4, 0.5) is 0 Å². The van der Waals surface area contributed by atoms with Crippen molar-refractivity contribution in [2.24, 2.45) is 0 Å². The van der Waals surface area contributed by atoms with Crippen LogP contribution in [-0.4, -0.2) is 8.07 Å². The van der Waals surface area contributed by atoms with Gasteiger partial charge < -0.3 is 0 Å². The summed E-state index contributed by atoms with van der Waals surface area (Å²) in [5.74, 6) is 0. The number of rotatable bonds is 4. The smallest absolute Gasteiger partial charge is 0.0623 e. The Balaban J connectivity index is 1.37. The molecular weight excluding hydrogens is 629 g/mol. The molecule has 0 spiro atoms. The van der Waals surface area contributed by atoms with Crippen LogP contribution in [0.2, 0.25) is 13.1 Å². The van der Waals surface area contributed by atoms with Gasteiger partial charge >= 0.3 is 0 Å². The predicted molar refractivity (Wildman–Crippen MR) is 223 cm³/mol. The molecule has 9 aromatic carbocycles. The van der Waals surface area contributed by atoms with E-state index in [9.17, 15) is 0 Å². The fourth-order valence-electron chi connectivity index (χ4n) is 8.84. The molecule has 0 saturated heterocycles. The van der Waals surface area contributed by atoms with Crippen molar-refractivity contribution in [2.45, 2.75) is 13.1 Å². The fraction of sp³-hybridized carbons (Fsp3) is 0.0400. The molecule has 0 radical (unpaired) electrons. The zero-order valence-corrected chi connectivity index (χ0v) is 29.8. The topological polar surface area (TPSA) is 0 Å². The van der Waals surface area contributed by atoms with Crippen LogP contribution in [0.1, 0.15) is 0 Å². The third kappa shape index (κ3) is 4.59. The number of benzene rings is 9. The van der Waals surface area contributed by atoms with E-state index in [-0.39, 0.29) is 0 Å². The highest BCUT2D eigenvalue weighted by molar-refractivity contribution is 7.04. The molecule has 0 N–H and O–H groups in total. The van der Waals surface area contributed by atoms with E-state index in [1.54, 1.807) is 0 Å². The first kappa shape index (κ1) is 29.9. The first-order chi connectivity index (χ1) is 25.1. The molecule has 0 amide bonds. The van der Waals surface area contributed by atoms with Gasteiger partial charge in [-0.25, -0.2) is 0 Å². The summed E-state index contributed by atoms with van der Waals surface area (Å²) in [6, 6.07) is 67.8. The second-order valence-electron chi connectivity index (χ2n) is 14.4. The van der Waals surface area contributed by atoms with Crippen molar-refractivity contribution in [2.75, 3.05) is 0 Å². The zero-order valence-electron chi connectivity index (χ0n) is 28.8. The Bertz CT molecular complexity index is 2800. The first-order valence-electron chi connectivity index (χ1n) is 17.9. The largest absolute Gasteiger partial charge is 0.113 e. The van der Waals surface area contributed by atoms with Gasteiger partial charge in [-0.2, -0.15) is 0 Å². The highest BCUT2D eigenvalue weighted by Crippen LogP contribution is 2.48. The highest BCUT2D eigenvalue weighted by Gasteiger charge is 2.38. The molecule has 0 fully saturated rings. The van der Waals surface area contributed by atoms with Gasteiger partial charge in [-0.1, -0.05) is 183 Å². The minimum absolute atomic E-state index is 1.22. The lowest BCUT2D eigenvalue weighted by Gasteiger charge is -2.23. The van der Waals surface area contributed by atoms with E-state index in [1.807, 2.05) is 0 Å². The standard InChI is InChI=1S/C50H36Si/c1-51(2)47-27-14-13-23-39(47)44-31-45-46(32-48(44)51)50(40-26-15-21-34-20-9-10-22-37(34)40)42-25-12-11-24-41(42)49(45)36-28-29-38(33-16-5-3-6-17-33)43(30-36)35-18-7-4-8-19-35/h3-32H,1-2H3. The average Bonchev–Trinajstić information content (AvgIpc) is 3.41. The van der Waals surface area contributed by atoms with Crippen LogP contribution in [0, 0.1) is 0 Å². The van der Waals surface area contributed by atoms with Gasteiger partial charge in [0.1, 0.15) is 8.07 Å². The molecule has 0 nitrogen and oxygen atoms in total. The lowest BCUT2D eigenvalue weighted by Crippen LogP contribution is -2.49. The fourth-order valence-corrected chi connectivity index (χ4v) is 11.9. The summed E-state index contributed by atoms with van der Waals surface area (Å²) >= 11 is 0. The molecule has 0 aliphatic carbocycles. The lowest BCUT2D eigenvalue weighted by atomic mass is 9.82. The van der Waals surface area contributed by atoms with Gasteiger partial charge in [-0.15, -0.1) is 0 Å². The van der Waals surface area contributed by atoms with E-state index in [1.165, 1.54) is 98.3 Å². The Kier molecular flexibility index (Phi) is 6.74. The molecule has 240 valence electrons. The summed E-state index contributed by atoms with van der Waals surface area (Å²) in [6.07, 6.45) is 0. The van der Waals surface area contributed by atoms with Gasteiger partial charge in [-0.3, -0.25) is 0 Å². The van der Waals surface area contributed by atoms with Crippen molar-refractivity contribution in [3.05, 3.63) is 182 Å². The normalized spacial score (nSPS) is 13.1. The van der Waals surface area contributed by atoms with E-state index >= 15 is 0 Å². The number of hydrogen-bond donors (Lipinski definition) is 0. The van der Waals surface area contributed by atoms with Crippen molar-refractivity contribution in [1.82, 2.24) is 0 Å². The van der Waals surface area contributed by atoms with Crippen LogP contribution >= 0.6 is 0 Å². The summed E-state index contributed by atoms with van der Waals surface area (Å²) in [6.45, 7) is 5.05. The molecular formula is C50H36Si. The third-order valence-corrected chi connectivity index (χ3v) is 14.8. The summed E-state index contributed by atoms with van der Waals surface area (Å²) in [4.78, 5) is 0. The van der Waals surface area contributed by atoms with Crippen LogP contribution in [0.15, 0.2) is 182 Å². The Morgan fingerprint density at radius 2 is 0.863 bits per heavy atom. The second kappa shape index (κ2) is 11.5. The number of fused-ring (bicyclic) bond motifs is 6. The van der Waals surface area contributed by atoms with Crippen molar-refractivity contribution in [3.63, 3.8) is 0 Å². The number of hydrogen-bond acceptors (Lipinski definition) is 0. The summed E-state index contributed by atoms with van der Waals surface area (Å²) in [5.41, 5.74) is 12.9. The lowest BCUT2D eigenvalue weighted by molar-refractivity contribution is 1.58. The molecule has 1 heterocycles. The molecule has 10 rings (SSSR count). The van der Waals surface area contributed by atoms with Crippen molar-refractivity contribution >= 4 is 50.8 Å². The monoisotopic (exact) mass is 664 g/mol. The maximum absolute atomic E-state index is 2.60. The molecule has 1 aliphatic rings. The Hall–Kier alpha value is -6.02. The van der Waals surface area contributed by atoms with E-state index in [0.717, 1.165) is 0 Å². The molecule has 51 heavy (non-hydrogen) atoms. The zero-order chi connectivity index (χ0) is 34.1. The minimum Gasteiger partial charge on any atom is -0.0623 e. The van der Waals surface area contributed by atoms with Gasteiger partial charge in [0, 0.05) is 0 Å². The molecule has 9 aromatic rings. The minimum atomic E-state index is -1.94. The van der Waals surface area contributed by atoms with Crippen LogP contribution in [0.25, 0.3) is 88.0 Å². The molecule has 0 unspecified atom stereocenters. The predicted octanol–water partition coefficient (Wildman–Crippen LogP) is 12.6. The Morgan fingerprint density at radius 1 is 0.294 bits per heavy atom. The van der Waals surface area contributed by atoms with E-state index in [0.29, 0.717) is 0 Å². The molecule has 1 heteroatoms. The van der Waals surface area contributed by atoms with Crippen LogP contribution in [0.5, 0.6) is 0 Å². The van der Waals surface area contributed by atoms with E-state index in [2.05, 4.69) is 195 Å². The summed E-state index contributed by atoms with van der Waals surface area (Å²) in [7, 11) is -1.94. The van der Waals surface area contributed by atoms with Gasteiger partial charge in [0.05, 0.1) is 0 Å². The first-order valence-corrected chi connectivity index (χ1v) is 20.9. The quantitative estimate of drug-likeness (QED) is 0.130. The second-order valence-corrected chi connectivity index (χ2v) is 18.8. The SMILES string of the molecule is C[Si]1(C)c2ccccc2-c2cc3c(-c4ccc(-c5ccccc5)c(-c5ccccc5)c4)c4ccccc4c(-c4cccc5ccccc45)c3cc21. The average molecular weight is 665 g/mol. The van der Waals surface area contributed by atoms with Crippen LogP contribution in [-0.2, 0) is 0 Å². The maximum atomic E-state index is 2.60. The molecule has 1 aliphatic heterocycles. The van der Waals surface area contributed by atoms with Gasteiger partial charge in [0.25, 0.3) is 0 Å². The Labute approximate surface area is 300 Å². The summed E-state index contributed by atoms with van der Waals surface area (Å²) in [5, 5.41) is 10.8. The van der Waals surface area contributed by atoms with Gasteiger partial charge in [0.15, 0.2) is 0 Å². The van der Waals surface area contributed by atoms with Crippen molar-refractivity contribution in [1.29, 1.82) is 0 Å². The third-order valence-electron chi connectivity index (χ3n) is 11.3. The highest BCUT2D eigenvalue weighted by atomic mass is 28.3. The molecule has 0 aromatic heterocycles. The maximum Gasteiger partial charge on any atom is 0.113 e. The summed E-state index contributed by atoms with van der Waals surface area (Å²) < 4.78 is 0. The Morgan fingerprint density at radius 3 is 1.63 bits per heavy atom. The van der Waals surface area contributed by atoms with Crippen LogP contribution < -0.4 is 10.4 Å². The van der Waals surface area contributed by atoms with E-state index < -0.39 is 8.07 Å². The molecule has 0 bridgehead atoms. The van der Waals surface area contributed by atoms with Crippen molar-refractivity contribution < 1.29 is 0 Å². The van der Waals surface area contributed by atoms with Gasteiger partial charge in [-0.05, 0) is 110 Å². The van der Waals surface area contributed by atoms with Crippen LogP contribution in [0.3, 0.4) is 0 Å². The van der Waals surface area contributed by atoms with E-state index in [4.69, 9.17) is 0 Å². The molecule has 0 saturated carbocycles. The van der Waals surface area contributed by atoms with Crippen molar-refractivity contribution in [3.8, 4) is 55.6 Å².